The summed E-state index contributed by atoms with van der Waals surface area (Å²) in [7, 11) is 0. The van der Waals surface area contributed by atoms with Gasteiger partial charge in [0.2, 0.25) is 11.8 Å². The molecule has 3 amide bonds. The van der Waals surface area contributed by atoms with Gasteiger partial charge in [-0.15, -0.1) is 0 Å². The summed E-state index contributed by atoms with van der Waals surface area (Å²) in [5.41, 5.74) is 8.43. The van der Waals surface area contributed by atoms with Gasteiger partial charge in [0.15, 0.2) is 0 Å². The third-order valence-corrected chi connectivity index (χ3v) is 6.38. The summed E-state index contributed by atoms with van der Waals surface area (Å²) in [6.45, 7) is 0.480. The SMILES string of the molecule is O=C(NN(Cc1ccccc1)c1ccccc1)c1cccc(N2NC(=O)C3CC=CCC3C2=O)c1. The molecule has 3 aromatic carbocycles. The number of allylic oxidation sites excluding steroid dienone is 2. The molecule has 1 aliphatic heterocycles. The van der Waals surface area contributed by atoms with Crippen LogP contribution in [-0.4, -0.2) is 17.7 Å². The van der Waals surface area contributed by atoms with E-state index in [9.17, 15) is 14.4 Å². The van der Waals surface area contributed by atoms with Crippen LogP contribution in [0.2, 0.25) is 0 Å². The Balaban J connectivity index is 1.37. The zero-order chi connectivity index (χ0) is 24.2. The molecule has 7 heteroatoms. The molecule has 176 valence electrons. The lowest BCUT2D eigenvalue weighted by atomic mass is 9.80. The summed E-state index contributed by atoms with van der Waals surface area (Å²) in [6, 6.07) is 26.2. The van der Waals surface area contributed by atoms with Crippen molar-refractivity contribution in [1.29, 1.82) is 0 Å². The Labute approximate surface area is 204 Å². The van der Waals surface area contributed by atoms with Crippen LogP contribution in [0.15, 0.2) is 97.1 Å². The van der Waals surface area contributed by atoms with Crippen LogP contribution < -0.4 is 20.9 Å². The number of nitrogens with one attached hydrogen (secondary N) is 2. The molecule has 0 saturated carbocycles. The fourth-order valence-corrected chi connectivity index (χ4v) is 4.53. The standard InChI is InChI=1S/C28H26N4O3/c33-26(29-31(22-13-5-2-6-14-22)19-20-10-3-1-4-11-20)21-12-9-15-23(18-21)32-28(35)25-17-8-7-16-24(25)27(34)30-32/h1-15,18,24-25H,16-17,19H2,(H,29,33)(H,30,34). The number of hydrogen-bond acceptors (Lipinski definition) is 4. The fraction of sp³-hybridized carbons (Fsp3) is 0.179. The topological polar surface area (TPSA) is 81.8 Å². The normalized spacial score (nSPS) is 19.0. The van der Waals surface area contributed by atoms with Crippen molar-refractivity contribution in [2.45, 2.75) is 19.4 Å². The van der Waals surface area contributed by atoms with Crippen LogP contribution in [0.25, 0.3) is 0 Å². The Morgan fingerprint density at radius 3 is 2.31 bits per heavy atom. The van der Waals surface area contributed by atoms with Crippen LogP contribution in [0.4, 0.5) is 11.4 Å². The van der Waals surface area contributed by atoms with E-state index in [-0.39, 0.29) is 29.6 Å². The minimum Gasteiger partial charge on any atom is -0.281 e. The predicted molar refractivity (Wildman–Crippen MR) is 134 cm³/mol. The van der Waals surface area contributed by atoms with Crippen LogP contribution in [0.3, 0.4) is 0 Å². The number of fused-ring (bicyclic) bond motifs is 1. The number of hydrazine groups is 2. The van der Waals surface area contributed by atoms with Crippen molar-refractivity contribution in [3.8, 4) is 0 Å². The molecule has 5 rings (SSSR count). The Morgan fingerprint density at radius 1 is 0.886 bits per heavy atom. The molecular weight excluding hydrogens is 440 g/mol. The summed E-state index contributed by atoms with van der Waals surface area (Å²) in [4.78, 5) is 39.0. The van der Waals surface area contributed by atoms with Gasteiger partial charge in [-0.1, -0.05) is 66.7 Å². The summed E-state index contributed by atoms with van der Waals surface area (Å²) in [6.07, 6.45) is 5.00. The largest absolute Gasteiger partial charge is 0.281 e. The summed E-state index contributed by atoms with van der Waals surface area (Å²) >= 11 is 0. The first kappa shape index (κ1) is 22.4. The second-order valence-electron chi connectivity index (χ2n) is 8.70. The van der Waals surface area contributed by atoms with E-state index in [0.717, 1.165) is 11.3 Å². The molecule has 2 aliphatic rings. The Kier molecular flexibility index (Phi) is 6.30. The number of amides is 3. The molecule has 1 aliphatic carbocycles. The number of nitrogens with zero attached hydrogens (tertiary/aromatic N) is 2. The highest BCUT2D eigenvalue weighted by atomic mass is 16.2. The third kappa shape index (κ3) is 4.80. The number of para-hydroxylation sites is 1. The average molecular weight is 467 g/mol. The molecule has 0 bridgehead atoms. The van der Waals surface area contributed by atoms with Crippen LogP contribution in [0.1, 0.15) is 28.8 Å². The number of benzene rings is 3. The zero-order valence-corrected chi connectivity index (χ0v) is 19.1. The first-order valence-electron chi connectivity index (χ1n) is 11.7. The van der Waals surface area contributed by atoms with Crippen molar-refractivity contribution < 1.29 is 14.4 Å². The lowest BCUT2D eigenvalue weighted by Crippen LogP contribution is -2.59. The van der Waals surface area contributed by atoms with E-state index in [1.165, 1.54) is 5.01 Å². The Bertz CT molecular complexity index is 1260. The third-order valence-electron chi connectivity index (χ3n) is 6.38. The van der Waals surface area contributed by atoms with Crippen LogP contribution >= 0.6 is 0 Å². The van der Waals surface area contributed by atoms with E-state index >= 15 is 0 Å². The number of carbonyl (C=O) groups is 3. The number of carbonyl (C=O) groups excluding carboxylic acids is 3. The maximum Gasteiger partial charge on any atom is 0.269 e. The lowest BCUT2D eigenvalue weighted by Gasteiger charge is -2.38. The molecule has 1 fully saturated rings. The highest BCUT2D eigenvalue weighted by Gasteiger charge is 2.42. The summed E-state index contributed by atoms with van der Waals surface area (Å²) in [5, 5.41) is 3.06. The maximum absolute atomic E-state index is 13.3. The molecule has 2 atom stereocenters. The van der Waals surface area contributed by atoms with E-state index in [1.807, 2.05) is 72.8 Å². The molecule has 0 radical (unpaired) electrons. The summed E-state index contributed by atoms with van der Waals surface area (Å²) in [5.74, 6) is -1.38. The van der Waals surface area contributed by atoms with Crippen LogP contribution in [0.5, 0.6) is 0 Å². The van der Waals surface area contributed by atoms with Gasteiger partial charge in [-0.2, -0.15) is 0 Å². The maximum atomic E-state index is 13.3. The second kappa shape index (κ2) is 9.85. The number of hydrogen-bond donors (Lipinski definition) is 2. The molecule has 1 saturated heterocycles. The molecule has 2 N–H and O–H groups in total. The molecule has 0 aromatic heterocycles. The van der Waals surface area contributed by atoms with E-state index in [4.69, 9.17) is 0 Å². The molecule has 35 heavy (non-hydrogen) atoms. The van der Waals surface area contributed by atoms with Crippen molar-refractivity contribution >= 4 is 29.1 Å². The van der Waals surface area contributed by atoms with Gasteiger partial charge in [0.1, 0.15) is 0 Å². The minimum atomic E-state index is -0.384. The zero-order valence-electron chi connectivity index (χ0n) is 19.1. The van der Waals surface area contributed by atoms with Crippen molar-refractivity contribution in [1.82, 2.24) is 10.9 Å². The molecule has 0 spiro atoms. The van der Waals surface area contributed by atoms with E-state index in [1.54, 1.807) is 29.3 Å². The molecule has 1 heterocycles. The number of anilines is 2. The van der Waals surface area contributed by atoms with Gasteiger partial charge in [-0.25, -0.2) is 5.01 Å². The Morgan fingerprint density at radius 2 is 1.57 bits per heavy atom. The van der Waals surface area contributed by atoms with Gasteiger partial charge in [0.25, 0.3) is 5.91 Å². The molecule has 2 unspecified atom stereocenters. The summed E-state index contributed by atoms with van der Waals surface area (Å²) < 4.78 is 0. The fourth-order valence-electron chi connectivity index (χ4n) is 4.53. The van der Waals surface area contributed by atoms with Gasteiger partial charge in [0.05, 0.1) is 29.8 Å². The Hall–Kier alpha value is -4.39. The van der Waals surface area contributed by atoms with Crippen molar-refractivity contribution in [2.24, 2.45) is 11.8 Å². The van der Waals surface area contributed by atoms with E-state index in [2.05, 4.69) is 10.9 Å². The van der Waals surface area contributed by atoms with E-state index in [0.29, 0.717) is 30.6 Å². The molecule has 3 aromatic rings. The monoisotopic (exact) mass is 466 g/mol. The van der Waals surface area contributed by atoms with Gasteiger partial charge in [-0.3, -0.25) is 30.2 Å². The molecule has 7 nitrogen and oxygen atoms in total. The highest BCUT2D eigenvalue weighted by Crippen LogP contribution is 2.32. The quantitative estimate of drug-likeness (QED) is 0.425. The second-order valence-corrected chi connectivity index (χ2v) is 8.70. The smallest absolute Gasteiger partial charge is 0.269 e. The van der Waals surface area contributed by atoms with Crippen molar-refractivity contribution in [3.05, 3.63) is 108 Å². The van der Waals surface area contributed by atoms with Gasteiger partial charge < -0.3 is 0 Å². The number of rotatable bonds is 6. The van der Waals surface area contributed by atoms with Crippen molar-refractivity contribution in [3.63, 3.8) is 0 Å². The first-order chi connectivity index (χ1) is 17.1. The lowest BCUT2D eigenvalue weighted by molar-refractivity contribution is -0.139. The average Bonchev–Trinajstić information content (AvgIpc) is 2.91. The first-order valence-corrected chi connectivity index (χ1v) is 11.7. The predicted octanol–water partition coefficient (Wildman–Crippen LogP) is 4.00. The van der Waals surface area contributed by atoms with Gasteiger partial charge in [-0.05, 0) is 48.7 Å². The van der Waals surface area contributed by atoms with Crippen LogP contribution in [-0.2, 0) is 16.1 Å². The van der Waals surface area contributed by atoms with Crippen LogP contribution in [0, 0.1) is 11.8 Å². The van der Waals surface area contributed by atoms with Gasteiger partial charge in [0, 0.05) is 5.56 Å². The molecular formula is C28H26N4O3. The van der Waals surface area contributed by atoms with Gasteiger partial charge >= 0.3 is 0 Å². The van der Waals surface area contributed by atoms with E-state index < -0.39 is 0 Å². The minimum absolute atomic E-state index is 0.161. The highest BCUT2D eigenvalue weighted by molar-refractivity contribution is 6.05. The van der Waals surface area contributed by atoms with Crippen molar-refractivity contribution in [2.75, 3.05) is 10.0 Å².